The average molecular weight is 255 g/mol. The monoisotopic (exact) mass is 255 g/mol. The van der Waals surface area contributed by atoms with Crippen LogP contribution in [0.25, 0.3) is 11.1 Å². The molecule has 4 heteroatoms. The van der Waals surface area contributed by atoms with Gasteiger partial charge in [0.25, 0.3) is 0 Å². The molecule has 0 spiro atoms. The van der Waals surface area contributed by atoms with Gasteiger partial charge in [-0.25, -0.2) is 5.84 Å². The van der Waals surface area contributed by atoms with Gasteiger partial charge in [0.1, 0.15) is 0 Å². The highest BCUT2D eigenvalue weighted by Gasteiger charge is 2.04. The smallest absolute Gasteiger partial charge is 0.235 e. The summed E-state index contributed by atoms with van der Waals surface area (Å²) in [5.74, 6) is 4.87. The minimum atomic E-state index is -0.176. The largest absolute Gasteiger partial charge is 0.384 e. The third-order valence-corrected chi connectivity index (χ3v) is 2.84. The highest BCUT2D eigenvalue weighted by Crippen LogP contribution is 2.27. The van der Waals surface area contributed by atoms with Gasteiger partial charge in [-0.05, 0) is 11.6 Å². The summed E-state index contributed by atoms with van der Waals surface area (Å²) < 4.78 is 0. The maximum absolute atomic E-state index is 11.1. The SMILES string of the molecule is NNC(=O)CCNc1ccccc1-c1ccccc1. The van der Waals surface area contributed by atoms with Crippen LogP contribution in [0, 0.1) is 0 Å². The number of nitrogens with one attached hydrogen (secondary N) is 2. The molecular formula is C15H17N3O. The Morgan fingerprint density at radius 1 is 1.00 bits per heavy atom. The number of carbonyl (C=O) groups excluding carboxylic acids is 1. The molecule has 0 aliphatic heterocycles. The highest BCUT2D eigenvalue weighted by atomic mass is 16.2. The van der Waals surface area contributed by atoms with Crippen molar-refractivity contribution < 1.29 is 4.79 Å². The zero-order valence-corrected chi connectivity index (χ0v) is 10.6. The summed E-state index contributed by atoms with van der Waals surface area (Å²) in [4.78, 5) is 11.1. The van der Waals surface area contributed by atoms with Crippen LogP contribution in [-0.2, 0) is 4.79 Å². The van der Waals surface area contributed by atoms with Gasteiger partial charge in [-0.3, -0.25) is 10.2 Å². The van der Waals surface area contributed by atoms with Crippen molar-refractivity contribution in [2.45, 2.75) is 6.42 Å². The Labute approximate surface area is 112 Å². The van der Waals surface area contributed by atoms with Crippen LogP contribution in [0.15, 0.2) is 54.6 Å². The second-order valence-electron chi connectivity index (χ2n) is 4.16. The Morgan fingerprint density at radius 2 is 1.68 bits per heavy atom. The van der Waals surface area contributed by atoms with Gasteiger partial charge in [0, 0.05) is 24.2 Å². The van der Waals surface area contributed by atoms with E-state index in [-0.39, 0.29) is 5.91 Å². The summed E-state index contributed by atoms with van der Waals surface area (Å²) in [6.45, 7) is 0.548. The molecule has 98 valence electrons. The molecule has 0 aromatic heterocycles. The third-order valence-electron chi connectivity index (χ3n) is 2.84. The van der Waals surface area contributed by atoms with Crippen LogP contribution in [0.3, 0.4) is 0 Å². The quantitative estimate of drug-likeness (QED) is 0.435. The summed E-state index contributed by atoms with van der Waals surface area (Å²) in [5.41, 5.74) is 5.40. The van der Waals surface area contributed by atoms with Crippen LogP contribution in [0.1, 0.15) is 6.42 Å². The van der Waals surface area contributed by atoms with Gasteiger partial charge in [0.05, 0.1) is 0 Å². The Bertz CT molecular complexity index is 540. The van der Waals surface area contributed by atoms with Crippen molar-refractivity contribution in [3.63, 3.8) is 0 Å². The van der Waals surface area contributed by atoms with Gasteiger partial charge in [0.15, 0.2) is 0 Å². The first-order chi connectivity index (χ1) is 9.31. The molecule has 0 saturated heterocycles. The fourth-order valence-electron chi connectivity index (χ4n) is 1.89. The molecular weight excluding hydrogens is 238 g/mol. The van der Waals surface area contributed by atoms with E-state index in [1.807, 2.05) is 36.4 Å². The van der Waals surface area contributed by atoms with Crippen LogP contribution in [0.2, 0.25) is 0 Å². The molecule has 0 aliphatic rings. The van der Waals surface area contributed by atoms with E-state index in [1.165, 1.54) is 0 Å². The number of benzene rings is 2. The molecule has 2 aromatic rings. The fraction of sp³-hybridized carbons (Fsp3) is 0.133. The molecule has 0 fully saturated rings. The lowest BCUT2D eigenvalue weighted by Crippen LogP contribution is -2.31. The Balaban J connectivity index is 2.11. The average Bonchev–Trinajstić information content (AvgIpc) is 2.48. The maximum atomic E-state index is 11.1. The molecule has 0 aliphatic carbocycles. The Kier molecular flexibility index (Phi) is 4.53. The number of amides is 1. The number of anilines is 1. The summed E-state index contributed by atoms with van der Waals surface area (Å²) in [6.07, 6.45) is 0.347. The van der Waals surface area contributed by atoms with Crippen LogP contribution in [0.4, 0.5) is 5.69 Å². The number of para-hydroxylation sites is 1. The van der Waals surface area contributed by atoms with E-state index in [2.05, 4.69) is 28.9 Å². The Morgan fingerprint density at radius 3 is 2.42 bits per heavy atom. The van der Waals surface area contributed by atoms with Gasteiger partial charge in [-0.2, -0.15) is 0 Å². The van der Waals surface area contributed by atoms with E-state index in [4.69, 9.17) is 5.84 Å². The third kappa shape index (κ3) is 3.56. The molecule has 1 amide bonds. The predicted octanol–water partition coefficient (Wildman–Crippen LogP) is 2.15. The molecule has 0 bridgehead atoms. The zero-order valence-electron chi connectivity index (χ0n) is 10.6. The van der Waals surface area contributed by atoms with Gasteiger partial charge in [-0.15, -0.1) is 0 Å². The van der Waals surface area contributed by atoms with Gasteiger partial charge in [0.2, 0.25) is 5.91 Å². The van der Waals surface area contributed by atoms with Crippen molar-refractivity contribution in [1.82, 2.24) is 5.43 Å². The van der Waals surface area contributed by atoms with E-state index in [0.29, 0.717) is 13.0 Å². The van der Waals surface area contributed by atoms with Gasteiger partial charge in [-0.1, -0.05) is 48.5 Å². The van der Waals surface area contributed by atoms with Gasteiger partial charge < -0.3 is 5.32 Å². The van der Waals surface area contributed by atoms with Crippen molar-refractivity contribution in [2.75, 3.05) is 11.9 Å². The second kappa shape index (κ2) is 6.56. The minimum Gasteiger partial charge on any atom is -0.384 e. The fourth-order valence-corrected chi connectivity index (χ4v) is 1.89. The van der Waals surface area contributed by atoms with E-state index in [1.54, 1.807) is 0 Å². The van der Waals surface area contributed by atoms with Gasteiger partial charge >= 0.3 is 0 Å². The molecule has 19 heavy (non-hydrogen) atoms. The highest BCUT2D eigenvalue weighted by molar-refractivity contribution is 5.79. The molecule has 2 rings (SSSR count). The van der Waals surface area contributed by atoms with E-state index >= 15 is 0 Å². The zero-order chi connectivity index (χ0) is 13.5. The minimum absolute atomic E-state index is 0.176. The molecule has 0 saturated carbocycles. The first kappa shape index (κ1) is 13.1. The molecule has 0 unspecified atom stereocenters. The summed E-state index contributed by atoms with van der Waals surface area (Å²) in [5, 5.41) is 3.26. The number of carbonyl (C=O) groups is 1. The number of hydrogen-bond donors (Lipinski definition) is 3. The first-order valence-corrected chi connectivity index (χ1v) is 6.19. The van der Waals surface area contributed by atoms with Crippen LogP contribution < -0.4 is 16.6 Å². The second-order valence-corrected chi connectivity index (χ2v) is 4.16. The van der Waals surface area contributed by atoms with Crippen molar-refractivity contribution >= 4 is 11.6 Å². The molecule has 4 N–H and O–H groups in total. The van der Waals surface area contributed by atoms with Crippen molar-refractivity contribution in [2.24, 2.45) is 5.84 Å². The Hall–Kier alpha value is -2.33. The predicted molar refractivity (Wildman–Crippen MR) is 77.3 cm³/mol. The van der Waals surface area contributed by atoms with Crippen molar-refractivity contribution in [1.29, 1.82) is 0 Å². The maximum Gasteiger partial charge on any atom is 0.235 e. The lowest BCUT2D eigenvalue weighted by atomic mass is 10.0. The first-order valence-electron chi connectivity index (χ1n) is 6.19. The number of hydrazine groups is 1. The molecule has 0 atom stereocenters. The molecule has 0 radical (unpaired) electrons. The molecule has 2 aromatic carbocycles. The van der Waals surface area contributed by atoms with Crippen molar-refractivity contribution in [3.05, 3.63) is 54.6 Å². The van der Waals surface area contributed by atoms with Crippen molar-refractivity contribution in [3.8, 4) is 11.1 Å². The van der Waals surface area contributed by atoms with E-state index in [9.17, 15) is 4.79 Å². The normalized spacial score (nSPS) is 9.95. The molecule has 0 heterocycles. The summed E-state index contributed by atoms with van der Waals surface area (Å²) in [6, 6.07) is 18.2. The summed E-state index contributed by atoms with van der Waals surface area (Å²) in [7, 11) is 0. The number of nitrogens with two attached hydrogens (primary N) is 1. The van der Waals surface area contributed by atoms with Crippen LogP contribution in [0.5, 0.6) is 0 Å². The number of hydrogen-bond acceptors (Lipinski definition) is 3. The topological polar surface area (TPSA) is 67.1 Å². The lowest BCUT2D eigenvalue weighted by molar-refractivity contribution is -0.120. The molecule has 4 nitrogen and oxygen atoms in total. The number of rotatable bonds is 5. The van der Waals surface area contributed by atoms with E-state index in [0.717, 1.165) is 16.8 Å². The standard InChI is InChI=1S/C15H17N3O/c16-18-15(19)10-11-17-14-9-5-4-8-13(14)12-6-2-1-3-7-12/h1-9,17H,10-11,16H2,(H,18,19). The summed E-state index contributed by atoms with van der Waals surface area (Å²) >= 11 is 0. The van der Waals surface area contributed by atoms with Crippen LogP contribution >= 0.6 is 0 Å². The van der Waals surface area contributed by atoms with Crippen LogP contribution in [-0.4, -0.2) is 12.5 Å². The van der Waals surface area contributed by atoms with E-state index < -0.39 is 0 Å². The lowest BCUT2D eigenvalue weighted by Gasteiger charge is -2.11.